The van der Waals surface area contributed by atoms with Crippen LogP contribution in [0.25, 0.3) is 0 Å². The van der Waals surface area contributed by atoms with Crippen LogP contribution in [-0.2, 0) is 4.79 Å². The Bertz CT molecular complexity index is 335. The molecule has 1 amide bonds. The molecule has 0 fully saturated rings. The first-order valence-electron chi connectivity index (χ1n) is 9.01. The molecule has 0 aromatic carbocycles. The van der Waals surface area contributed by atoms with Crippen LogP contribution in [0.1, 0.15) is 47.5 Å². The van der Waals surface area contributed by atoms with Crippen LogP contribution < -0.4 is 10.6 Å². The van der Waals surface area contributed by atoms with Crippen molar-refractivity contribution in [3.8, 4) is 0 Å². The van der Waals surface area contributed by atoms with E-state index in [1.807, 2.05) is 4.90 Å². The van der Waals surface area contributed by atoms with Crippen molar-refractivity contribution in [3.05, 3.63) is 0 Å². The molecule has 0 aromatic rings. The number of rotatable bonds is 13. The van der Waals surface area contributed by atoms with E-state index < -0.39 is 0 Å². The van der Waals surface area contributed by atoms with Crippen LogP contribution >= 0.6 is 0 Å². The predicted octanol–water partition coefficient (Wildman–Crippen LogP) is 0.831. The highest BCUT2D eigenvalue weighted by Crippen LogP contribution is 2.32. The van der Waals surface area contributed by atoms with Gasteiger partial charge in [-0.1, -0.05) is 34.6 Å². The summed E-state index contributed by atoms with van der Waals surface area (Å²) in [7, 11) is 0. The molecule has 144 valence electrons. The fourth-order valence-electron chi connectivity index (χ4n) is 3.11. The van der Waals surface area contributed by atoms with Crippen LogP contribution in [0.5, 0.6) is 0 Å². The molecule has 6 heteroatoms. The van der Waals surface area contributed by atoms with Gasteiger partial charge in [-0.15, -0.1) is 0 Å². The normalized spacial score (nSPS) is 12.7. The van der Waals surface area contributed by atoms with Gasteiger partial charge in [0.1, 0.15) is 0 Å². The van der Waals surface area contributed by atoms with E-state index in [-0.39, 0.29) is 30.0 Å². The van der Waals surface area contributed by atoms with E-state index >= 15 is 0 Å². The Kier molecular flexibility index (Phi) is 11.5. The van der Waals surface area contributed by atoms with E-state index in [9.17, 15) is 4.79 Å². The number of nitrogens with zero attached hydrogens (tertiary/aromatic N) is 1. The number of aliphatic hydroxyl groups excluding tert-OH is 2. The summed E-state index contributed by atoms with van der Waals surface area (Å²) >= 11 is 0. The summed E-state index contributed by atoms with van der Waals surface area (Å²) in [5, 5.41) is 24.1. The number of nitrogens with one attached hydrogen (secondary N) is 2. The Morgan fingerprint density at radius 1 is 0.958 bits per heavy atom. The van der Waals surface area contributed by atoms with Gasteiger partial charge in [0.15, 0.2) is 0 Å². The number of hydrogen-bond donors (Lipinski definition) is 4. The maximum Gasteiger partial charge on any atom is 0.221 e. The van der Waals surface area contributed by atoms with Crippen molar-refractivity contribution in [1.29, 1.82) is 0 Å². The van der Waals surface area contributed by atoms with Crippen molar-refractivity contribution >= 4 is 5.91 Å². The fraction of sp³-hybridized carbons (Fsp3) is 0.944. The van der Waals surface area contributed by atoms with E-state index in [1.165, 1.54) is 0 Å². The van der Waals surface area contributed by atoms with Gasteiger partial charge in [-0.3, -0.25) is 9.69 Å². The topological polar surface area (TPSA) is 84.8 Å². The first-order valence-corrected chi connectivity index (χ1v) is 9.01. The highest BCUT2D eigenvalue weighted by Gasteiger charge is 2.25. The Morgan fingerprint density at radius 3 is 2.04 bits per heavy atom. The Balaban J connectivity index is 3.83. The molecule has 0 saturated heterocycles. The van der Waals surface area contributed by atoms with Crippen LogP contribution in [0.3, 0.4) is 0 Å². The van der Waals surface area contributed by atoms with Gasteiger partial charge in [0.2, 0.25) is 5.91 Å². The monoisotopic (exact) mass is 345 g/mol. The van der Waals surface area contributed by atoms with Crippen LogP contribution in [0.2, 0.25) is 0 Å². The van der Waals surface area contributed by atoms with Gasteiger partial charge >= 0.3 is 0 Å². The van der Waals surface area contributed by atoms with Gasteiger partial charge in [0.05, 0.1) is 13.2 Å². The molecule has 0 radical (unpaired) electrons. The van der Waals surface area contributed by atoms with Gasteiger partial charge in [-0.05, 0) is 17.3 Å². The van der Waals surface area contributed by atoms with E-state index in [0.29, 0.717) is 32.6 Å². The maximum atomic E-state index is 11.9. The fourth-order valence-corrected chi connectivity index (χ4v) is 3.11. The molecule has 0 aliphatic heterocycles. The SMILES string of the molecule is CC(C)(C)CC(C)(C)CNC(=O)CCNCCN(CCO)CCO. The molecule has 0 atom stereocenters. The molecule has 0 bridgehead atoms. The van der Waals surface area contributed by atoms with E-state index in [2.05, 4.69) is 45.3 Å². The van der Waals surface area contributed by atoms with E-state index in [4.69, 9.17) is 10.2 Å². The summed E-state index contributed by atoms with van der Waals surface area (Å²) in [5.74, 6) is 0.0760. The molecule has 0 aliphatic rings. The molecule has 0 unspecified atom stereocenters. The van der Waals surface area contributed by atoms with Gasteiger partial charge in [-0.25, -0.2) is 0 Å². The second-order valence-electron chi connectivity index (χ2n) is 8.47. The lowest BCUT2D eigenvalue weighted by atomic mass is 9.76. The lowest BCUT2D eigenvalue weighted by Crippen LogP contribution is -2.39. The molecule has 4 N–H and O–H groups in total. The van der Waals surface area contributed by atoms with Crippen LogP contribution in [0.15, 0.2) is 0 Å². The third kappa shape index (κ3) is 13.7. The summed E-state index contributed by atoms with van der Waals surface area (Å²) in [4.78, 5) is 13.9. The largest absolute Gasteiger partial charge is 0.395 e. The minimum Gasteiger partial charge on any atom is -0.395 e. The lowest BCUT2D eigenvalue weighted by Gasteiger charge is -2.32. The first-order chi connectivity index (χ1) is 11.1. The van der Waals surface area contributed by atoms with Gasteiger partial charge in [0, 0.05) is 45.7 Å². The van der Waals surface area contributed by atoms with Gasteiger partial charge in [0.25, 0.3) is 0 Å². The Hall–Kier alpha value is -0.690. The minimum atomic E-state index is 0.0760. The number of aliphatic hydroxyl groups is 2. The molecule has 0 aromatic heterocycles. The first kappa shape index (κ1) is 23.3. The predicted molar refractivity (Wildman–Crippen MR) is 99.0 cm³/mol. The quantitative estimate of drug-likeness (QED) is 0.372. The van der Waals surface area contributed by atoms with Crippen molar-refractivity contribution in [1.82, 2.24) is 15.5 Å². The van der Waals surface area contributed by atoms with Gasteiger partial charge in [-0.2, -0.15) is 0 Å². The van der Waals surface area contributed by atoms with Crippen molar-refractivity contribution in [2.75, 3.05) is 52.5 Å². The van der Waals surface area contributed by atoms with E-state index in [1.54, 1.807) is 0 Å². The average Bonchev–Trinajstić information content (AvgIpc) is 2.43. The smallest absolute Gasteiger partial charge is 0.221 e. The van der Waals surface area contributed by atoms with Crippen molar-refractivity contribution in [2.24, 2.45) is 10.8 Å². The van der Waals surface area contributed by atoms with Crippen LogP contribution in [0, 0.1) is 10.8 Å². The molecular weight excluding hydrogens is 306 g/mol. The summed E-state index contributed by atoms with van der Waals surface area (Å²) < 4.78 is 0. The zero-order chi connectivity index (χ0) is 18.6. The van der Waals surface area contributed by atoms with Crippen molar-refractivity contribution < 1.29 is 15.0 Å². The highest BCUT2D eigenvalue weighted by atomic mass is 16.3. The summed E-state index contributed by atoms with van der Waals surface area (Å²) in [6, 6.07) is 0. The lowest BCUT2D eigenvalue weighted by molar-refractivity contribution is -0.121. The summed E-state index contributed by atoms with van der Waals surface area (Å²) in [6.45, 7) is 15.2. The van der Waals surface area contributed by atoms with E-state index in [0.717, 1.165) is 19.5 Å². The minimum absolute atomic E-state index is 0.0760. The zero-order valence-corrected chi connectivity index (χ0v) is 16.3. The molecular formula is C18H39N3O3. The molecule has 0 heterocycles. The second-order valence-corrected chi connectivity index (χ2v) is 8.47. The summed E-state index contributed by atoms with van der Waals surface area (Å²) in [6.07, 6.45) is 1.52. The number of carbonyl (C=O) groups is 1. The molecule has 0 aliphatic carbocycles. The molecule has 24 heavy (non-hydrogen) atoms. The average molecular weight is 346 g/mol. The molecule has 0 spiro atoms. The molecule has 6 nitrogen and oxygen atoms in total. The summed E-state index contributed by atoms with van der Waals surface area (Å²) in [5.41, 5.74) is 0.348. The standard InChI is InChI=1S/C18H39N3O3/c1-17(2,3)14-18(4,5)15-20-16(24)6-7-19-8-9-21(10-12-22)11-13-23/h19,22-23H,6-15H2,1-5H3,(H,20,24). The van der Waals surface area contributed by atoms with Crippen LogP contribution in [-0.4, -0.2) is 73.5 Å². The van der Waals surface area contributed by atoms with Crippen molar-refractivity contribution in [3.63, 3.8) is 0 Å². The van der Waals surface area contributed by atoms with Crippen LogP contribution in [0.4, 0.5) is 0 Å². The number of amides is 1. The van der Waals surface area contributed by atoms with Gasteiger partial charge < -0.3 is 20.8 Å². The van der Waals surface area contributed by atoms with Crippen molar-refractivity contribution in [2.45, 2.75) is 47.5 Å². The molecule has 0 saturated carbocycles. The zero-order valence-electron chi connectivity index (χ0n) is 16.3. The number of carbonyl (C=O) groups excluding carboxylic acids is 1. The number of hydrogen-bond acceptors (Lipinski definition) is 5. The Morgan fingerprint density at radius 2 is 1.54 bits per heavy atom. The maximum absolute atomic E-state index is 11.9. The Labute approximate surface area is 148 Å². The third-order valence-electron chi connectivity index (χ3n) is 3.74. The second kappa shape index (κ2) is 11.8. The highest BCUT2D eigenvalue weighted by molar-refractivity contribution is 5.76. The molecule has 0 rings (SSSR count). The third-order valence-corrected chi connectivity index (χ3v) is 3.74.